The Labute approximate surface area is 110 Å². The molecule has 5 nitrogen and oxygen atoms in total. The maximum Gasteiger partial charge on any atom is 0.411 e. The molecule has 1 heterocycles. The highest BCUT2D eigenvalue weighted by atomic mass is 19.3. The topological polar surface area (TPSA) is 55.8 Å². The molecule has 1 aliphatic heterocycles. The number of rotatable bonds is 1. The zero-order valence-electron chi connectivity index (χ0n) is 11.5. The van der Waals surface area contributed by atoms with Gasteiger partial charge in [0.25, 0.3) is 5.92 Å². The fourth-order valence-corrected chi connectivity index (χ4v) is 1.82. The number of alkyl halides is 2. The maximum absolute atomic E-state index is 13.3. The van der Waals surface area contributed by atoms with E-state index in [9.17, 15) is 18.4 Å². The van der Waals surface area contributed by atoms with Crippen molar-refractivity contribution < 1.29 is 27.8 Å². The lowest BCUT2D eigenvalue weighted by Gasteiger charge is -2.38. The van der Waals surface area contributed by atoms with Crippen molar-refractivity contribution in [3.05, 3.63) is 0 Å². The van der Waals surface area contributed by atoms with Crippen LogP contribution in [-0.2, 0) is 14.3 Å². The quantitative estimate of drug-likeness (QED) is 0.690. The van der Waals surface area contributed by atoms with Crippen molar-refractivity contribution in [1.29, 1.82) is 0 Å². The van der Waals surface area contributed by atoms with E-state index in [-0.39, 0.29) is 6.54 Å². The maximum atomic E-state index is 13.3. The van der Waals surface area contributed by atoms with Crippen LogP contribution in [0.15, 0.2) is 0 Å². The molecule has 7 heteroatoms. The number of amides is 1. The Kier molecular flexibility index (Phi) is 4.37. The first-order chi connectivity index (χ1) is 8.56. The number of esters is 1. The van der Waals surface area contributed by atoms with E-state index in [1.807, 2.05) is 0 Å². The van der Waals surface area contributed by atoms with Crippen LogP contribution in [-0.4, -0.2) is 48.2 Å². The Morgan fingerprint density at radius 3 is 2.37 bits per heavy atom. The van der Waals surface area contributed by atoms with Crippen LogP contribution in [0.3, 0.4) is 0 Å². The molecule has 0 N–H and O–H groups in total. The summed E-state index contributed by atoms with van der Waals surface area (Å²) >= 11 is 0. The van der Waals surface area contributed by atoms with Crippen molar-refractivity contribution in [2.75, 3.05) is 13.7 Å². The number of ether oxygens (including phenoxy) is 2. The number of nitrogens with zero attached hydrogens (tertiary/aromatic N) is 1. The Morgan fingerprint density at radius 1 is 1.32 bits per heavy atom. The van der Waals surface area contributed by atoms with Gasteiger partial charge in [0.05, 0.1) is 7.11 Å². The van der Waals surface area contributed by atoms with Gasteiger partial charge in [-0.2, -0.15) is 0 Å². The van der Waals surface area contributed by atoms with E-state index < -0.39 is 42.5 Å². The molecule has 1 fully saturated rings. The highest BCUT2D eigenvalue weighted by Gasteiger charge is 2.46. The fraction of sp³-hybridized carbons (Fsp3) is 0.833. The molecule has 0 unspecified atom stereocenters. The molecule has 0 spiro atoms. The summed E-state index contributed by atoms with van der Waals surface area (Å²) in [5.74, 6) is -3.83. The predicted octanol–water partition coefficient (Wildman–Crippen LogP) is 2.19. The van der Waals surface area contributed by atoms with Gasteiger partial charge in [0.1, 0.15) is 11.6 Å². The Balaban J connectivity index is 2.85. The number of carbonyl (C=O) groups is 2. The van der Waals surface area contributed by atoms with Gasteiger partial charge in [0, 0.05) is 19.4 Å². The molecule has 1 saturated heterocycles. The van der Waals surface area contributed by atoms with Crippen LogP contribution in [0.2, 0.25) is 0 Å². The lowest BCUT2D eigenvalue weighted by molar-refractivity contribution is -0.156. The molecule has 0 radical (unpaired) electrons. The van der Waals surface area contributed by atoms with Crippen molar-refractivity contribution in [1.82, 2.24) is 4.90 Å². The largest absolute Gasteiger partial charge is 0.467 e. The second-order valence-electron chi connectivity index (χ2n) is 5.52. The lowest BCUT2D eigenvalue weighted by Crippen LogP contribution is -2.54. The van der Waals surface area contributed by atoms with Gasteiger partial charge < -0.3 is 9.47 Å². The molecule has 0 aromatic carbocycles. The van der Waals surface area contributed by atoms with Gasteiger partial charge in [-0.3, -0.25) is 4.90 Å². The average Bonchev–Trinajstić information content (AvgIpc) is 2.24. The van der Waals surface area contributed by atoms with Crippen molar-refractivity contribution in [2.45, 2.75) is 51.2 Å². The van der Waals surface area contributed by atoms with E-state index in [0.29, 0.717) is 0 Å². The second-order valence-corrected chi connectivity index (χ2v) is 5.52. The summed E-state index contributed by atoms with van der Waals surface area (Å²) in [5, 5.41) is 0. The summed E-state index contributed by atoms with van der Waals surface area (Å²) in [6.45, 7) is 4.76. The molecule has 19 heavy (non-hydrogen) atoms. The summed E-state index contributed by atoms with van der Waals surface area (Å²) in [5.41, 5.74) is -0.752. The van der Waals surface area contributed by atoms with Gasteiger partial charge in [0.15, 0.2) is 0 Å². The van der Waals surface area contributed by atoms with Crippen LogP contribution < -0.4 is 0 Å². The van der Waals surface area contributed by atoms with E-state index in [2.05, 4.69) is 4.74 Å². The predicted molar refractivity (Wildman–Crippen MR) is 62.9 cm³/mol. The molecule has 0 saturated carbocycles. The fourth-order valence-electron chi connectivity index (χ4n) is 1.82. The summed E-state index contributed by atoms with van der Waals surface area (Å²) in [6.07, 6.45) is -2.00. The molecule has 1 atom stereocenters. The molecular formula is C12H19F2NO4. The molecule has 1 aliphatic rings. The Bertz CT molecular complexity index is 365. The Morgan fingerprint density at radius 2 is 1.89 bits per heavy atom. The minimum Gasteiger partial charge on any atom is -0.467 e. The van der Waals surface area contributed by atoms with E-state index >= 15 is 0 Å². The SMILES string of the molecule is COC(=O)[C@@H]1CC(F)(F)CCN1C(=O)OC(C)(C)C. The number of carbonyl (C=O) groups excluding carboxylic acids is 2. The standard InChI is InChI=1S/C12H19F2NO4/c1-11(2,3)19-10(17)15-6-5-12(13,14)7-8(15)9(16)18-4/h8H,5-7H2,1-4H3/t8-/m0/s1. The molecule has 1 amide bonds. The molecule has 110 valence electrons. The molecule has 0 aromatic heterocycles. The first kappa shape index (κ1) is 15.7. The smallest absolute Gasteiger partial charge is 0.411 e. The van der Waals surface area contributed by atoms with Crippen LogP contribution in [0.5, 0.6) is 0 Å². The van der Waals surface area contributed by atoms with Crippen molar-refractivity contribution in [2.24, 2.45) is 0 Å². The second kappa shape index (κ2) is 5.30. The number of methoxy groups -OCH3 is 1. The van der Waals surface area contributed by atoms with Crippen molar-refractivity contribution in [3.8, 4) is 0 Å². The number of hydrogen-bond acceptors (Lipinski definition) is 4. The number of likely N-dealkylation sites (tertiary alicyclic amines) is 1. The van der Waals surface area contributed by atoms with E-state index in [1.165, 1.54) is 0 Å². The Hall–Kier alpha value is -1.40. The van der Waals surface area contributed by atoms with Gasteiger partial charge in [-0.15, -0.1) is 0 Å². The minimum atomic E-state index is -2.97. The minimum absolute atomic E-state index is 0.234. The first-order valence-electron chi connectivity index (χ1n) is 6.01. The third-order valence-electron chi connectivity index (χ3n) is 2.69. The highest BCUT2D eigenvalue weighted by Crippen LogP contribution is 2.33. The average molecular weight is 279 g/mol. The van der Waals surface area contributed by atoms with E-state index in [1.54, 1.807) is 20.8 Å². The summed E-state index contributed by atoms with van der Waals surface area (Å²) in [4.78, 5) is 24.4. The van der Waals surface area contributed by atoms with E-state index in [0.717, 1.165) is 12.0 Å². The van der Waals surface area contributed by atoms with Gasteiger partial charge in [-0.25, -0.2) is 18.4 Å². The van der Waals surface area contributed by atoms with Gasteiger partial charge >= 0.3 is 12.1 Å². The van der Waals surface area contributed by atoms with Crippen molar-refractivity contribution >= 4 is 12.1 Å². The summed E-state index contributed by atoms with van der Waals surface area (Å²) in [6, 6.07) is -1.30. The third-order valence-corrected chi connectivity index (χ3v) is 2.69. The van der Waals surface area contributed by atoms with Gasteiger partial charge in [0.2, 0.25) is 0 Å². The molecule has 0 aromatic rings. The van der Waals surface area contributed by atoms with Crippen molar-refractivity contribution in [3.63, 3.8) is 0 Å². The number of piperidine rings is 1. The summed E-state index contributed by atoms with van der Waals surface area (Å²) in [7, 11) is 1.10. The van der Waals surface area contributed by atoms with Crippen LogP contribution in [0.4, 0.5) is 13.6 Å². The first-order valence-corrected chi connectivity index (χ1v) is 6.01. The van der Waals surface area contributed by atoms with Gasteiger partial charge in [-0.1, -0.05) is 0 Å². The third kappa shape index (κ3) is 4.33. The van der Waals surface area contributed by atoms with Crippen LogP contribution in [0, 0.1) is 0 Å². The lowest BCUT2D eigenvalue weighted by atomic mass is 9.99. The van der Waals surface area contributed by atoms with E-state index in [4.69, 9.17) is 4.74 Å². The zero-order chi connectivity index (χ0) is 14.8. The highest BCUT2D eigenvalue weighted by molar-refractivity contribution is 5.81. The normalized spacial score (nSPS) is 22.8. The molecule has 0 bridgehead atoms. The van der Waals surface area contributed by atoms with Crippen LogP contribution >= 0.6 is 0 Å². The zero-order valence-corrected chi connectivity index (χ0v) is 11.5. The monoisotopic (exact) mass is 279 g/mol. The van der Waals surface area contributed by atoms with Gasteiger partial charge in [-0.05, 0) is 20.8 Å². The molecular weight excluding hydrogens is 260 g/mol. The molecule has 0 aliphatic carbocycles. The van der Waals surface area contributed by atoms with Crippen LogP contribution in [0.25, 0.3) is 0 Å². The number of halogens is 2. The number of hydrogen-bond donors (Lipinski definition) is 0. The summed E-state index contributed by atoms with van der Waals surface area (Å²) < 4.78 is 36.3. The molecule has 1 rings (SSSR count). The van der Waals surface area contributed by atoms with Crippen LogP contribution in [0.1, 0.15) is 33.6 Å².